The van der Waals surface area contributed by atoms with E-state index in [0.29, 0.717) is 17.1 Å². The number of hydrogen-bond donors (Lipinski definition) is 2. The Morgan fingerprint density at radius 2 is 2.35 bits per heavy atom. The largest absolute Gasteiger partial charge is 0.477 e. The van der Waals surface area contributed by atoms with Crippen LogP contribution in [0.25, 0.3) is 11.4 Å². The van der Waals surface area contributed by atoms with Gasteiger partial charge in [-0.05, 0) is 25.0 Å². The molecule has 0 aliphatic heterocycles. The molecular weight excluding hydrogens is 220 g/mol. The first-order chi connectivity index (χ1) is 8.27. The maximum atomic E-state index is 11.3. The van der Waals surface area contributed by atoms with Gasteiger partial charge in [-0.2, -0.15) is 0 Å². The highest BCUT2D eigenvalue weighted by molar-refractivity contribution is 5.95. The smallest absolute Gasteiger partial charge is 0.341 e. The summed E-state index contributed by atoms with van der Waals surface area (Å²) >= 11 is 0. The molecule has 0 bridgehead atoms. The number of nitrogens with zero attached hydrogens (tertiary/aromatic N) is 1. The fourth-order valence-electron chi connectivity index (χ4n) is 2.12. The molecule has 17 heavy (non-hydrogen) atoms. The lowest BCUT2D eigenvalue weighted by Crippen LogP contribution is -2.12. The van der Waals surface area contributed by atoms with Crippen LogP contribution < -0.4 is 0 Å². The number of nitrogens with one attached hydrogen (secondary N) is 1. The summed E-state index contributed by atoms with van der Waals surface area (Å²) in [5, 5.41) is 13.2. The van der Waals surface area contributed by atoms with Crippen molar-refractivity contribution in [1.82, 2.24) is 10.1 Å². The third kappa shape index (κ3) is 1.54. The molecular formula is C12H12N2O3. The summed E-state index contributed by atoms with van der Waals surface area (Å²) in [5.74, 6) is -0.233. The molecule has 2 N–H and O–H groups in total. The van der Waals surface area contributed by atoms with Crippen LogP contribution in [0, 0.1) is 0 Å². The fraction of sp³-hybridized carbons (Fsp3) is 0.333. The summed E-state index contributed by atoms with van der Waals surface area (Å²) in [4.78, 5) is 14.3. The third-order valence-corrected chi connectivity index (χ3v) is 3.26. The van der Waals surface area contributed by atoms with E-state index in [9.17, 15) is 9.90 Å². The molecule has 0 aromatic carbocycles. The van der Waals surface area contributed by atoms with Gasteiger partial charge in [0.1, 0.15) is 11.3 Å². The van der Waals surface area contributed by atoms with E-state index in [1.165, 1.54) is 0 Å². The van der Waals surface area contributed by atoms with E-state index >= 15 is 0 Å². The Kier molecular flexibility index (Phi) is 2.24. The highest BCUT2D eigenvalue weighted by Crippen LogP contribution is 2.40. The first kappa shape index (κ1) is 10.1. The molecule has 2 aromatic rings. The first-order valence-corrected chi connectivity index (χ1v) is 5.64. The van der Waals surface area contributed by atoms with E-state index in [1.54, 1.807) is 18.3 Å². The number of aromatic amines is 1. The van der Waals surface area contributed by atoms with Gasteiger partial charge in [0, 0.05) is 12.1 Å². The molecule has 2 aromatic heterocycles. The van der Waals surface area contributed by atoms with Crippen molar-refractivity contribution in [2.75, 3.05) is 0 Å². The van der Waals surface area contributed by atoms with Crippen LogP contribution in [0.5, 0.6) is 0 Å². The normalized spacial score (nSPS) is 15.8. The molecule has 0 atom stereocenters. The maximum absolute atomic E-state index is 11.3. The lowest BCUT2D eigenvalue weighted by molar-refractivity contribution is 0.0693. The zero-order chi connectivity index (χ0) is 11.8. The van der Waals surface area contributed by atoms with E-state index in [1.807, 2.05) is 0 Å². The standard InChI is InChI=1S/C12H12N2O3/c15-12(16)9-10(8-5-2-6-13-8)14-17-11(9)7-3-1-4-7/h2,5-7,13H,1,3-4H2,(H,15,16). The van der Waals surface area contributed by atoms with Crippen molar-refractivity contribution >= 4 is 5.97 Å². The summed E-state index contributed by atoms with van der Waals surface area (Å²) in [5.41, 5.74) is 1.28. The Morgan fingerprint density at radius 1 is 1.53 bits per heavy atom. The Morgan fingerprint density at radius 3 is 2.88 bits per heavy atom. The van der Waals surface area contributed by atoms with Crippen molar-refractivity contribution < 1.29 is 14.4 Å². The average molecular weight is 232 g/mol. The van der Waals surface area contributed by atoms with Crippen molar-refractivity contribution in [1.29, 1.82) is 0 Å². The first-order valence-electron chi connectivity index (χ1n) is 5.64. The number of aromatic carboxylic acids is 1. The van der Waals surface area contributed by atoms with Gasteiger partial charge in [0.05, 0.1) is 5.69 Å². The molecule has 3 rings (SSSR count). The van der Waals surface area contributed by atoms with Crippen molar-refractivity contribution in [3.63, 3.8) is 0 Å². The molecule has 1 saturated carbocycles. The van der Waals surface area contributed by atoms with Gasteiger partial charge >= 0.3 is 5.97 Å². The van der Waals surface area contributed by atoms with Crippen LogP contribution in [0.1, 0.15) is 41.3 Å². The summed E-state index contributed by atoms with van der Waals surface area (Å²) < 4.78 is 5.23. The van der Waals surface area contributed by atoms with Gasteiger partial charge in [0.2, 0.25) is 0 Å². The van der Waals surface area contributed by atoms with Gasteiger partial charge in [-0.1, -0.05) is 11.6 Å². The predicted octanol–water partition coefficient (Wildman–Crippen LogP) is 2.64. The Balaban J connectivity index is 2.10. The fourth-order valence-corrected chi connectivity index (χ4v) is 2.12. The molecule has 0 amide bonds. The number of rotatable bonds is 3. The minimum atomic E-state index is -0.974. The van der Waals surface area contributed by atoms with E-state index in [4.69, 9.17) is 4.52 Å². The SMILES string of the molecule is O=C(O)c1c(-c2ccc[nH]2)noc1C1CCC1. The maximum Gasteiger partial charge on any atom is 0.341 e. The highest BCUT2D eigenvalue weighted by atomic mass is 16.5. The summed E-state index contributed by atoms with van der Waals surface area (Å²) in [7, 11) is 0. The lowest BCUT2D eigenvalue weighted by Gasteiger charge is -2.22. The monoisotopic (exact) mass is 232 g/mol. The van der Waals surface area contributed by atoms with Crippen LogP contribution in [0.15, 0.2) is 22.9 Å². The summed E-state index contributed by atoms with van der Waals surface area (Å²) in [6, 6.07) is 3.59. The Labute approximate surface area is 97.4 Å². The number of carbonyl (C=O) groups is 1. The molecule has 0 saturated heterocycles. The Hall–Kier alpha value is -2.04. The summed E-state index contributed by atoms with van der Waals surface area (Å²) in [6.07, 6.45) is 4.83. The lowest BCUT2D eigenvalue weighted by atomic mass is 9.82. The molecule has 1 aliphatic carbocycles. The van der Waals surface area contributed by atoms with Crippen LogP contribution in [-0.4, -0.2) is 21.2 Å². The topological polar surface area (TPSA) is 79.1 Å². The minimum absolute atomic E-state index is 0.206. The molecule has 88 valence electrons. The number of H-pyrrole nitrogens is 1. The van der Waals surface area contributed by atoms with Gasteiger partial charge in [-0.15, -0.1) is 0 Å². The molecule has 1 fully saturated rings. The molecule has 0 spiro atoms. The third-order valence-electron chi connectivity index (χ3n) is 3.26. The van der Waals surface area contributed by atoms with Crippen molar-refractivity contribution in [2.45, 2.75) is 25.2 Å². The molecule has 0 unspecified atom stereocenters. The molecule has 2 heterocycles. The van der Waals surface area contributed by atoms with E-state index in [0.717, 1.165) is 19.3 Å². The quantitative estimate of drug-likeness (QED) is 0.852. The van der Waals surface area contributed by atoms with Crippen LogP contribution in [0.4, 0.5) is 0 Å². The second-order valence-electron chi connectivity index (χ2n) is 4.29. The van der Waals surface area contributed by atoms with Gasteiger partial charge in [0.25, 0.3) is 0 Å². The van der Waals surface area contributed by atoms with E-state index < -0.39 is 5.97 Å². The number of aromatic nitrogens is 2. The van der Waals surface area contributed by atoms with Crippen molar-refractivity contribution in [3.05, 3.63) is 29.7 Å². The summed E-state index contributed by atoms with van der Waals surface area (Å²) in [6.45, 7) is 0. The van der Waals surface area contributed by atoms with Crippen LogP contribution in [0.3, 0.4) is 0 Å². The van der Waals surface area contributed by atoms with Crippen molar-refractivity contribution in [3.8, 4) is 11.4 Å². The molecule has 1 aliphatic rings. The van der Waals surface area contributed by atoms with Gasteiger partial charge in [0.15, 0.2) is 5.76 Å². The second-order valence-corrected chi connectivity index (χ2v) is 4.29. The molecule has 5 nitrogen and oxygen atoms in total. The van der Waals surface area contributed by atoms with Crippen LogP contribution in [-0.2, 0) is 0 Å². The number of hydrogen-bond acceptors (Lipinski definition) is 3. The van der Waals surface area contributed by atoms with Crippen LogP contribution >= 0.6 is 0 Å². The average Bonchev–Trinajstić information content (AvgIpc) is 2.80. The van der Waals surface area contributed by atoms with Crippen LogP contribution in [0.2, 0.25) is 0 Å². The van der Waals surface area contributed by atoms with E-state index in [-0.39, 0.29) is 11.5 Å². The second kappa shape index (κ2) is 3.76. The highest BCUT2D eigenvalue weighted by Gasteiger charge is 2.32. The molecule has 5 heteroatoms. The van der Waals surface area contributed by atoms with Gasteiger partial charge in [-0.25, -0.2) is 4.79 Å². The van der Waals surface area contributed by atoms with Gasteiger partial charge in [-0.3, -0.25) is 0 Å². The van der Waals surface area contributed by atoms with Gasteiger partial charge < -0.3 is 14.6 Å². The predicted molar refractivity (Wildman–Crippen MR) is 59.8 cm³/mol. The zero-order valence-electron chi connectivity index (χ0n) is 9.14. The van der Waals surface area contributed by atoms with E-state index in [2.05, 4.69) is 10.1 Å². The number of carboxylic acid groups (broad SMARTS) is 1. The molecule has 0 radical (unpaired) electrons. The Bertz CT molecular complexity index is 538. The minimum Gasteiger partial charge on any atom is -0.477 e. The van der Waals surface area contributed by atoms with Crippen molar-refractivity contribution in [2.24, 2.45) is 0 Å². The number of carboxylic acids is 1. The zero-order valence-corrected chi connectivity index (χ0v) is 9.14.